The van der Waals surface area contributed by atoms with Crippen LogP contribution in [0.25, 0.3) is 0 Å². The molecule has 1 atom stereocenters. The van der Waals surface area contributed by atoms with E-state index in [-0.39, 0.29) is 24.3 Å². The van der Waals surface area contributed by atoms with Crippen molar-refractivity contribution < 1.29 is 14.3 Å². The van der Waals surface area contributed by atoms with E-state index in [2.05, 4.69) is 26.6 Å². The summed E-state index contributed by atoms with van der Waals surface area (Å²) in [5.74, 6) is 0.401. The molecule has 3 aromatic carbocycles. The third kappa shape index (κ3) is 4.54. The lowest BCUT2D eigenvalue weighted by atomic mass is 9.87. The number of ketones is 1. The molecule has 0 saturated carbocycles. The number of halogens is 1. The molecule has 5 nitrogen and oxygen atoms in total. The van der Waals surface area contributed by atoms with Gasteiger partial charge in [0.05, 0.1) is 5.69 Å². The smallest absolute Gasteiger partial charge is 0.323 e. The Bertz CT molecular complexity index is 1080. The Labute approximate surface area is 183 Å². The molecule has 1 aliphatic heterocycles. The van der Waals surface area contributed by atoms with Crippen molar-refractivity contribution in [2.45, 2.75) is 19.3 Å². The fourth-order valence-electron chi connectivity index (χ4n) is 3.58. The number of rotatable bonds is 3. The van der Waals surface area contributed by atoms with Crippen LogP contribution >= 0.6 is 15.9 Å². The maximum atomic E-state index is 12.6. The number of fused-ring (bicyclic) bond motifs is 1. The van der Waals surface area contributed by atoms with Crippen molar-refractivity contribution in [2.24, 2.45) is 0 Å². The maximum Gasteiger partial charge on any atom is 0.323 e. The molecule has 1 heterocycles. The van der Waals surface area contributed by atoms with Crippen molar-refractivity contribution in [3.8, 4) is 5.75 Å². The van der Waals surface area contributed by atoms with E-state index in [4.69, 9.17) is 4.74 Å². The summed E-state index contributed by atoms with van der Waals surface area (Å²) in [7, 11) is 0. The van der Waals surface area contributed by atoms with Crippen molar-refractivity contribution in [1.82, 2.24) is 0 Å². The van der Waals surface area contributed by atoms with E-state index in [9.17, 15) is 9.59 Å². The Hall–Kier alpha value is -3.12. The quantitative estimate of drug-likeness (QED) is 0.507. The lowest BCUT2D eigenvalue weighted by molar-refractivity contribution is -0.120. The third-order valence-corrected chi connectivity index (χ3v) is 5.48. The molecule has 0 aliphatic carbocycles. The van der Waals surface area contributed by atoms with E-state index >= 15 is 0 Å². The topological polar surface area (TPSA) is 67.4 Å². The fraction of sp³-hybridized carbons (Fsp3) is 0.167. The third-order valence-electron chi connectivity index (χ3n) is 5.03. The summed E-state index contributed by atoms with van der Waals surface area (Å²) < 4.78 is 6.65. The number of amides is 2. The molecule has 0 aromatic heterocycles. The molecule has 0 bridgehead atoms. The number of carbonyl (C=O) groups excluding carboxylic acids is 2. The Morgan fingerprint density at radius 3 is 2.50 bits per heavy atom. The molecule has 6 heteroatoms. The van der Waals surface area contributed by atoms with Crippen LogP contribution in [0.15, 0.2) is 71.2 Å². The van der Waals surface area contributed by atoms with Gasteiger partial charge in [-0.2, -0.15) is 0 Å². The molecule has 152 valence electrons. The van der Waals surface area contributed by atoms with E-state index in [1.165, 1.54) is 0 Å². The standard InChI is InChI=1S/C24H21BrN2O3/c1-15-7-9-18(10-8-15)26-24(29)27-22-12-17(25)11-21-20(16-5-3-2-4-6-16)13-19(28)14-30-23(21)22/h2-12,20H,13-14H2,1H3,(H2,26,27,29). The highest BCUT2D eigenvalue weighted by Gasteiger charge is 2.28. The van der Waals surface area contributed by atoms with E-state index in [0.29, 0.717) is 23.5 Å². The minimum absolute atomic E-state index is 0.0197. The van der Waals surface area contributed by atoms with Gasteiger partial charge in [0.15, 0.2) is 5.78 Å². The van der Waals surface area contributed by atoms with Crippen LogP contribution in [0.5, 0.6) is 5.75 Å². The van der Waals surface area contributed by atoms with Crippen LogP contribution in [0.3, 0.4) is 0 Å². The molecule has 0 spiro atoms. The molecule has 1 aliphatic rings. The van der Waals surface area contributed by atoms with Crippen LogP contribution < -0.4 is 15.4 Å². The number of benzene rings is 3. The van der Waals surface area contributed by atoms with Gasteiger partial charge >= 0.3 is 6.03 Å². The van der Waals surface area contributed by atoms with E-state index in [1.54, 1.807) is 6.07 Å². The first-order valence-corrected chi connectivity index (χ1v) is 10.5. The van der Waals surface area contributed by atoms with Gasteiger partial charge < -0.3 is 15.4 Å². The zero-order chi connectivity index (χ0) is 21.1. The van der Waals surface area contributed by atoms with Crippen LogP contribution in [0, 0.1) is 6.92 Å². The lowest BCUT2D eigenvalue weighted by Gasteiger charge is -2.20. The summed E-state index contributed by atoms with van der Waals surface area (Å²) in [6, 6.07) is 20.8. The summed E-state index contributed by atoms with van der Waals surface area (Å²) in [5.41, 5.74) is 4.22. The molecular formula is C24H21BrN2O3. The molecule has 0 radical (unpaired) electrons. The zero-order valence-corrected chi connectivity index (χ0v) is 18.0. The molecule has 0 saturated heterocycles. The number of anilines is 2. The molecule has 3 aromatic rings. The molecule has 0 fully saturated rings. The van der Waals surface area contributed by atoms with Gasteiger partial charge in [-0.3, -0.25) is 4.79 Å². The highest BCUT2D eigenvalue weighted by Crippen LogP contribution is 2.43. The van der Waals surface area contributed by atoms with Gasteiger partial charge in [0, 0.05) is 28.1 Å². The van der Waals surface area contributed by atoms with Crippen LogP contribution in [0.4, 0.5) is 16.2 Å². The number of aryl methyl sites for hydroxylation is 1. The second kappa shape index (κ2) is 8.71. The highest BCUT2D eigenvalue weighted by molar-refractivity contribution is 9.10. The summed E-state index contributed by atoms with van der Waals surface area (Å²) in [6.07, 6.45) is 0.350. The normalized spacial score (nSPS) is 15.5. The van der Waals surface area contributed by atoms with E-state index in [0.717, 1.165) is 21.2 Å². The summed E-state index contributed by atoms with van der Waals surface area (Å²) in [4.78, 5) is 25.0. The minimum atomic E-state index is -0.380. The highest BCUT2D eigenvalue weighted by atomic mass is 79.9. The first kappa shape index (κ1) is 20.2. The van der Waals surface area contributed by atoms with Crippen molar-refractivity contribution in [3.63, 3.8) is 0 Å². The largest absolute Gasteiger partial charge is 0.483 e. The molecule has 1 unspecified atom stereocenters. The van der Waals surface area contributed by atoms with Crippen molar-refractivity contribution in [3.05, 3.63) is 87.9 Å². The SMILES string of the molecule is Cc1ccc(NC(=O)Nc2cc(Br)cc3c2OCC(=O)CC3c2ccccc2)cc1. The predicted octanol–water partition coefficient (Wildman–Crippen LogP) is 5.89. The van der Waals surface area contributed by atoms with Gasteiger partial charge in [-0.15, -0.1) is 0 Å². The first-order valence-electron chi connectivity index (χ1n) is 9.67. The van der Waals surface area contributed by atoms with E-state index < -0.39 is 0 Å². The number of ether oxygens (including phenoxy) is 1. The average molecular weight is 465 g/mol. The molecule has 30 heavy (non-hydrogen) atoms. The van der Waals surface area contributed by atoms with Crippen LogP contribution in [0.1, 0.15) is 29.0 Å². The molecule has 4 rings (SSSR count). The monoisotopic (exact) mass is 464 g/mol. The minimum Gasteiger partial charge on any atom is -0.483 e. The van der Waals surface area contributed by atoms with Gasteiger partial charge in [-0.25, -0.2) is 4.79 Å². The molecule has 2 N–H and O–H groups in total. The number of hydrogen-bond acceptors (Lipinski definition) is 3. The Morgan fingerprint density at radius 2 is 1.77 bits per heavy atom. The van der Waals surface area contributed by atoms with E-state index in [1.807, 2.05) is 67.6 Å². The first-order chi connectivity index (χ1) is 14.5. The van der Waals surface area contributed by atoms with Gasteiger partial charge in [0.25, 0.3) is 0 Å². The number of hydrogen-bond donors (Lipinski definition) is 2. The number of carbonyl (C=O) groups is 2. The summed E-state index contributed by atoms with van der Waals surface area (Å²) in [6.45, 7) is 1.97. The Balaban J connectivity index is 1.67. The zero-order valence-electron chi connectivity index (χ0n) is 16.4. The predicted molar refractivity (Wildman–Crippen MR) is 121 cm³/mol. The summed E-state index contributed by atoms with van der Waals surface area (Å²) >= 11 is 3.53. The molecule has 2 amide bonds. The Morgan fingerprint density at radius 1 is 1.03 bits per heavy atom. The number of nitrogens with one attached hydrogen (secondary N) is 2. The van der Waals surface area contributed by atoms with Crippen LogP contribution in [-0.4, -0.2) is 18.4 Å². The van der Waals surface area contributed by atoms with Crippen LogP contribution in [0.2, 0.25) is 0 Å². The van der Waals surface area contributed by atoms with Crippen LogP contribution in [-0.2, 0) is 4.79 Å². The number of urea groups is 1. The van der Waals surface area contributed by atoms with Crippen molar-refractivity contribution in [1.29, 1.82) is 0 Å². The van der Waals surface area contributed by atoms with Crippen molar-refractivity contribution >= 4 is 39.1 Å². The Kier molecular flexibility index (Phi) is 5.86. The second-order valence-electron chi connectivity index (χ2n) is 7.31. The summed E-state index contributed by atoms with van der Waals surface area (Å²) in [5, 5.41) is 5.70. The van der Waals surface area contributed by atoms with Gasteiger partial charge in [0.1, 0.15) is 12.4 Å². The molecular weight excluding hydrogens is 444 g/mol. The van der Waals surface area contributed by atoms with Gasteiger partial charge in [-0.05, 0) is 36.8 Å². The maximum absolute atomic E-state index is 12.6. The fourth-order valence-corrected chi connectivity index (χ4v) is 4.06. The van der Waals surface area contributed by atoms with Crippen molar-refractivity contribution in [2.75, 3.05) is 17.2 Å². The number of Topliss-reactive ketones (excluding diaryl/α,β-unsaturated/α-hetero) is 1. The lowest BCUT2D eigenvalue weighted by Crippen LogP contribution is -2.20. The van der Waals surface area contributed by atoms with Gasteiger partial charge in [0.2, 0.25) is 0 Å². The second-order valence-corrected chi connectivity index (χ2v) is 8.23. The average Bonchev–Trinajstić information content (AvgIpc) is 2.89. The van der Waals surface area contributed by atoms with Gasteiger partial charge in [-0.1, -0.05) is 64.0 Å².